The van der Waals surface area contributed by atoms with Gasteiger partial charge in [0.05, 0.1) is 22.7 Å². The van der Waals surface area contributed by atoms with Crippen LogP contribution in [0.25, 0.3) is 0 Å². The van der Waals surface area contributed by atoms with Crippen molar-refractivity contribution in [1.29, 1.82) is 0 Å². The minimum absolute atomic E-state index is 0.0308. The van der Waals surface area contributed by atoms with Gasteiger partial charge in [-0.1, -0.05) is 42.4 Å². The Labute approximate surface area is 106 Å². The van der Waals surface area contributed by atoms with Crippen molar-refractivity contribution in [3.05, 3.63) is 0 Å². The minimum Gasteiger partial charge on any atom is -0.390 e. The molecule has 1 rings (SSSR count). The molecule has 1 N–H and O–H groups in total. The van der Waals surface area contributed by atoms with E-state index >= 15 is 0 Å². The maximum absolute atomic E-state index is 9.61. The first-order chi connectivity index (χ1) is 7.25. The van der Waals surface area contributed by atoms with E-state index in [1.54, 1.807) is 0 Å². The lowest BCUT2D eigenvalue weighted by atomic mass is 10.1. The summed E-state index contributed by atoms with van der Waals surface area (Å²) in [6.45, 7) is 4.38. The van der Waals surface area contributed by atoms with Gasteiger partial charge >= 0.3 is 0 Å². The summed E-state index contributed by atoms with van der Waals surface area (Å²) in [5.41, 5.74) is 0. The lowest BCUT2D eigenvalue weighted by Crippen LogP contribution is -2.33. The summed E-state index contributed by atoms with van der Waals surface area (Å²) in [5.74, 6) is 0. The molecule has 0 aliphatic carbocycles. The molecule has 0 aromatic heterocycles. The van der Waals surface area contributed by atoms with E-state index in [0.29, 0.717) is 13.2 Å². The molecule has 0 radical (unpaired) electrons. The van der Waals surface area contributed by atoms with Crippen LogP contribution in [0.5, 0.6) is 0 Å². The molecule has 90 valence electrons. The third-order valence-corrected chi connectivity index (χ3v) is 3.70. The third kappa shape index (κ3) is 4.97. The maximum Gasteiger partial charge on any atom is 0.0974 e. The zero-order chi connectivity index (χ0) is 11.1. The second-order valence-corrected chi connectivity index (χ2v) is 5.59. The van der Waals surface area contributed by atoms with Gasteiger partial charge in [-0.05, 0) is 12.8 Å². The number of hydrogen-bond acceptors (Lipinski definition) is 3. The number of halogens is 1. The minimum atomic E-state index is -0.300. The van der Waals surface area contributed by atoms with Crippen molar-refractivity contribution in [2.75, 3.05) is 19.8 Å². The normalized spacial score (nSPS) is 28.2. The third-order valence-electron chi connectivity index (χ3n) is 2.63. The fourth-order valence-corrected chi connectivity index (χ4v) is 2.63. The molecule has 0 bridgehead atoms. The van der Waals surface area contributed by atoms with Crippen molar-refractivity contribution in [3.8, 4) is 0 Å². The van der Waals surface area contributed by atoms with E-state index in [1.165, 1.54) is 12.8 Å². The monoisotopic (exact) mass is 328 g/mol. The zero-order valence-electron chi connectivity index (χ0n) is 9.32. The summed E-state index contributed by atoms with van der Waals surface area (Å²) >= 11 is 2.31. The van der Waals surface area contributed by atoms with Crippen LogP contribution in [0, 0.1) is 0 Å². The molecule has 4 heteroatoms. The fourth-order valence-electron chi connectivity index (χ4n) is 1.69. The zero-order valence-corrected chi connectivity index (χ0v) is 11.5. The number of hydrogen-bond donors (Lipinski definition) is 1. The molecule has 0 amide bonds. The summed E-state index contributed by atoms with van der Waals surface area (Å²) in [4.78, 5) is 0. The van der Waals surface area contributed by atoms with Crippen LogP contribution in [0.1, 0.15) is 32.6 Å². The smallest absolute Gasteiger partial charge is 0.0974 e. The predicted octanol–water partition coefficient (Wildman–Crippen LogP) is 2.15. The molecule has 1 aliphatic heterocycles. The number of ether oxygens (including phenoxy) is 2. The van der Waals surface area contributed by atoms with Crippen molar-refractivity contribution < 1.29 is 14.6 Å². The van der Waals surface area contributed by atoms with Crippen LogP contribution < -0.4 is 0 Å². The van der Waals surface area contributed by atoms with E-state index in [1.807, 2.05) is 0 Å². The van der Waals surface area contributed by atoms with Gasteiger partial charge < -0.3 is 14.6 Å². The van der Waals surface area contributed by atoms with Gasteiger partial charge in [-0.25, -0.2) is 0 Å². The second kappa shape index (κ2) is 7.81. The highest BCUT2D eigenvalue weighted by Gasteiger charge is 2.32. The molecule has 0 spiro atoms. The molecule has 1 saturated heterocycles. The number of rotatable bonds is 7. The average molecular weight is 328 g/mol. The van der Waals surface area contributed by atoms with Crippen molar-refractivity contribution in [2.24, 2.45) is 0 Å². The first kappa shape index (κ1) is 13.7. The molecule has 1 aliphatic rings. The first-order valence-corrected chi connectivity index (χ1v) is 7.01. The molecule has 3 nitrogen and oxygen atoms in total. The van der Waals surface area contributed by atoms with Gasteiger partial charge in [0.1, 0.15) is 0 Å². The molecule has 0 saturated carbocycles. The van der Waals surface area contributed by atoms with E-state index in [4.69, 9.17) is 9.47 Å². The van der Waals surface area contributed by atoms with Gasteiger partial charge in [-0.15, -0.1) is 0 Å². The van der Waals surface area contributed by atoms with Gasteiger partial charge in [-0.2, -0.15) is 0 Å². The Morgan fingerprint density at radius 1 is 1.53 bits per heavy atom. The summed E-state index contributed by atoms with van der Waals surface area (Å²) in [5, 5.41) is 9.61. The Bertz CT molecular complexity index is 166. The maximum atomic E-state index is 9.61. The SMILES string of the molecule is CCCCCOC[C@@H](I)[C@H]1OCC[C@H]1O. The summed E-state index contributed by atoms with van der Waals surface area (Å²) < 4.78 is 11.3. The largest absolute Gasteiger partial charge is 0.390 e. The molecular formula is C11H21IO3. The van der Waals surface area contributed by atoms with Crippen LogP contribution in [-0.2, 0) is 9.47 Å². The Hall–Kier alpha value is 0.610. The topological polar surface area (TPSA) is 38.7 Å². The fraction of sp³-hybridized carbons (Fsp3) is 1.00. The quantitative estimate of drug-likeness (QED) is 0.442. The molecule has 0 unspecified atom stereocenters. The number of unbranched alkanes of at least 4 members (excludes halogenated alkanes) is 2. The van der Waals surface area contributed by atoms with Crippen LogP contribution in [-0.4, -0.2) is 41.1 Å². The molecule has 3 atom stereocenters. The lowest BCUT2D eigenvalue weighted by Gasteiger charge is -2.20. The predicted molar refractivity (Wildman–Crippen MR) is 68.5 cm³/mol. The van der Waals surface area contributed by atoms with Gasteiger partial charge in [-0.3, -0.25) is 0 Å². The Kier molecular flexibility index (Phi) is 7.12. The van der Waals surface area contributed by atoms with Crippen molar-refractivity contribution in [3.63, 3.8) is 0 Å². The van der Waals surface area contributed by atoms with Gasteiger partial charge in [0.2, 0.25) is 0 Å². The summed E-state index contributed by atoms with van der Waals surface area (Å²) in [6, 6.07) is 0. The van der Waals surface area contributed by atoms with E-state index in [9.17, 15) is 5.11 Å². The molecule has 15 heavy (non-hydrogen) atoms. The summed E-state index contributed by atoms with van der Waals surface area (Å²) in [7, 11) is 0. The highest BCUT2D eigenvalue weighted by atomic mass is 127. The molecule has 0 aromatic rings. The van der Waals surface area contributed by atoms with Crippen LogP contribution in [0.15, 0.2) is 0 Å². The van der Waals surface area contributed by atoms with Gasteiger partial charge in [0.25, 0.3) is 0 Å². The van der Waals surface area contributed by atoms with Crippen molar-refractivity contribution in [1.82, 2.24) is 0 Å². The summed E-state index contributed by atoms with van der Waals surface area (Å²) in [6.07, 6.45) is 4.02. The van der Waals surface area contributed by atoms with Crippen LogP contribution in [0.2, 0.25) is 0 Å². The first-order valence-electron chi connectivity index (χ1n) is 5.77. The van der Waals surface area contributed by atoms with Gasteiger partial charge in [0, 0.05) is 13.2 Å². The Morgan fingerprint density at radius 3 is 2.93 bits per heavy atom. The van der Waals surface area contributed by atoms with Crippen LogP contribution in [0.4, 0.5) is 0 Å². The average Bonchev–Trinajstić information content (AvgIpc) is 2.64. The van der Waals surface area contributed by atoms with Crippen molar-refractivity contribution >= 4 is 22.6 Å². The van der Waals surface area contributed by atoms with Crippen LogP contribution in [0.3, 0.4) is 0 Å². The molecular weight excluding hydrogens is 307 g/mol. The van der Waals surface area contributed by atoms with E-state index in [-0.39, 0.29) is 16.1 Å². The van der Waals surface area contributed by atoms with E-state index < -0.39 is 0 Å². The highest BCUT2D eigenvalue weighted by Crippen LogP contribution is 2.22. The van der Waals surface area contributed by atoms with Crippen molar-refractivity contribution in [2.45, 2.75) is 48.7 Å². The number of alkyl halides is 1. The lowest BCUT2D eigenvalue weighted by molar-refractivity contribution is 0.0213. The van der Waals surface area contributed by atoms with Gasteiger partial charge in [0.15, 0.2) is 0 Å². The molecule has 1 fully saturated rings. The standard InChI is InChI=1S/C11H21IO3/c1-2-3-4-6-14-8-9(12)11-10(13)5-7-15-11/h9-11,13H,2-8H2,1H3/t9-,10-,11-/m1/s1. The van der Waals surface area contributed by atoms with E-state index in [2.05, 4.69) is 29.5 Å². The molecule has 0 aromatic carbocycles. The highest BCUT2D eigenvalue weighted by molar-refractivity contribution is 14.1. The Balaban J connectivity index is 2.05. The van der Waals surface area contributed by atoms with E-state index in [0.717, 1.165) is 19.4 Å². The number of aliphatic hydroxyl groups excluding tert-OH is 1. The molecule has 1 heterocycles. The Morgan fingerprint density at radius 2 is 2.33 bits per heavy atom. The number of aliphatic hydroxyl groups is 1. The second-order valence-electron chi connectivity index (χ2n) is 3.99. The van der Waals surface area contributed by atoms with Crippen LogP contribution >= 0.6 is 22.6 Å².